The largest absolute Gasteiger partial charge is 0.549 e. The summed E-state index contributed by atoms with van der Waals surface area (Å²) in [7, 11) is 1.21. The van der Waals surface area contributed by atoms with Crippen LogP contribution >= 0.6 is 0 Å². The van der Waals surface area contributed by atoms with Crippen LogP contribution in [0, 0.1) is 0 Å². The number of rotatable bonds is 2. The summed E-state index contributed by atoms with van der Waals surface area (Å²) in [6, 6.07) is 8.66. The number of ether oxygens (including phenoxy) is 1. The first-order valence-corrected chi connectivity index (χ1v) is 3.30. The smallest absolute Gasteiger partial charge is 0.435 e. The number of carbonyl (C=O) groups excluding carboxylic acids is 1. The van der Waals surface area contributed by atoms with E-state index in [0.29, 0.717) is 5.75 Å². The SMILES string of the molecule is COC(=O)OOc1ccccc1. The molecule has 0 N–H and O–H groups in total. The van der Waals surface area contributed by atoms with Crippen molar-refractivity contribution in [1.82, 2.24) is 0 Å². The second-order valence-corrected chi connectivity index (χ2v) is 1.93. The van der Waals surface area contributed by atoms with Crippen molar-refractivity contribution in [3.8, 4) is 5.75 Å². The third-order valence-corrected chi connectivity index (χ3v) is 1.12. The van der Waals surface area contributed by atoms with Crippen LogP contribution in [0.3, 0.4) is 0 Å². The predicted molar refractivity (Wildman–Crippen MR) is 40.6 cm³/mol. The molecule has 0 fully saturated rings. The van der Waals surface area contributed by atoms with Crippen molar-refractivity contribution in [2.75, 3.05) is 7.11 Å². The Balaban J connectivity index is 2.38. The minimum absolute atomic E-state index is 0.447. The minimum Gasteiger partial charge on any atom is -0.435 e. The number of methoxy groups -OCH3 is 1. The Morgan fingerprint density at radius 1 is 1.25 bits per heavy atom. The van der Waals surface area contributed by atoms with Crippen LogP contribution in [-0.4, -0.2) is 13.3 Å². The summed E-state index contributed by atoms with van der Waals surface area (Å²) in [6.07, 6.45) is -0.876. The minimum atomic E-state index is -0.876. The van der Waals surface area contributed by atoms with Gasteiger partial charge in [0, 0.05) is 0 Å². The fourth-order valence-electron chi connectivity index (χ4n) is 0.592. The molecule has 0 saturated carbocycles. The van der Waals surface area contributed by atoms with Crippen molar-refractivity contribution in [2.24, 2.45) is 0 Å². The number of hydrogen-bond donors (Lipinski definition) is 0. The van der Waals surface area contributed by atoms with Crippen LogP contribution < -0.4 is 4.89 Å². The zero-order valence-corrected chi connectivity index (χ0v) is 6.52. The van der Waals surface area contributed by atoms with Gasteiger partial charge < -0.3 is 4.74 Å². The van der Waals surface area contributed by atoms with E-state index in [1.165, 1.54) is 7.11 Å². The average Bonchev–Trinajstić information content (AvgIpc) is 2.16. The van der Waals surface area contributed by atoms with E-state index in [-0.39, 0.29) is 0 Å². The van der Waals surface area contributed by atoms with Gasteiger partial charge in [0.2, 0.25) is 0 Å². The van der Waals surface area contributed by atoms with Crippen molar-refractivity contribution < 1.29 is 19.3 Å². The Morgan fingerprint density at radius 3 is 2.50 bits per heavy atom. The van der Waals surface area contributed by atoms with E-state index >= 15 is 0 Å². The molecule has 0 bridgehead atoms. The number of benzene rings is 1. The maximum absolute atomic E-state index is 10.4. The highest BCUT2D eigenvalue weighted by Gasteiger charge is 2.01. The lowest BCUT2D eigenvalue weighted by atomic mass is 10.3. The highest BCUT2D eigenvalue weighted by Crippen LogP contribution is 2.08. The van der Waals surface area contributed by atoms with Crippen LogP contribution in [0.2, 0.25) is 0 Å². The molecule has 0 aliphatic carbocycles. The van der Waals surface area contributed by atoms with Gasteiger partial charge in [0.25, 0.3) is 0 Å². The third-order valence-electron chi connectivity index (χ3n) is 1.12. The van der Waals surface area contributed by atoms with Crippen LogP contribution in [0.25, 0.3) is 0 Å². The Morgan fingerprint density at radius 2 is 1.92 bits per heavy atom. The van der Waals surface area contributed by atoms with Gasteiger partial charge in [-0.05, 0) is 12.1 Å². The lowest BCUT2D eigenvalue weighted by molar-refractivity contribution is -0.164. The van der Waals surface area contributed by atoms with Crippen molar-refractivity contribution in [3.63, 3.8) is 0 Å². The highest BCUT2D eigenvalue weighted by atomic mass is 17.2. The molecule has 0 amide bonds. The molecular formula is C8H8O4. The van der Waals surface area contributed by atoms with E-state index in [1.54, 1.807) is 24.3 Å². The Bertz CT molecular complexity index is 244. The molecular weight excluding hydrogens is 160 g/mol. The molecule has 0 saturated heterocycles. The van der Waals surface area contributed by atoms with Gasteiger partial charge in [-0.15, -0.1) is 0 Å². The number of para-hydroxylation sites is 1. The van der Waals surface area contributed by atoms with Gasteiger partial charge in [-0.2, -0.15) is 4.79 Å². The van der Waals surface area contributed by atoms with Gasteiger partial charge >= 0.3 is 6.16 Å². The summed E-state index contributed by atoms with van der Waals surface area (Å²) in [5, 5.41) is 0. The molecule has 0 atom stereocenters. The lowest BCUT2D eigenvalue weighted by Crippen LogP contribution is -2.07. The normalized spacial score (nSPS) is 8.75. The van der Waals surface area contributed by atoms with Crippen molar-refractivity contribution in [3.05, 3.63) is 30.3 Å². The molecule has 0 unspecified atom stereocenters. The van der Waals surface area contributed by atoms with Gasteiger partial charge in [-0.1, -0.05) is 18.2 Å². The first-order chi connectivity index (χ1) is 5.83. The van der Waals surface area contributed by atoms with Crippen LogP contribution in [0.4, 0.5) is 4.79 Å². The summed E-state index contributed by atoms with van der Waals surface area (Å²) in [5.41, 5.74) is 0. The quantitative estimate of drug-likeness (QED) is 0.383. The summed E-state index contributed by atoms with van der Waals surface area (Å²) in [4.78, 5) is 19.2. The van der Waals surface area contributed by atoms with Gasteiger partial charge in [0.05, 0.1) is 7.11 Å². The topological polar surface area (TPSA) is 44.8 Å². The molecule has 64 valence electrons. The zero-order valence-electron chi connectivity index (χ0n) is 6.52. The van der Waals surface area contributed by atoms with Crippen LogP contribution in [-0.2, 0) is 9.62 Å². The van der Waals surface area contributed by atoms with E-state index in [9.17, 15) is 4.79 Å². The standard InChI is InChI=1S/C8H8O4/c1-10-8(9)12-11-7-5-3-2-4-6-7/h2-6H,1H3. The van der Waals surface area contributed by atoms with E-state index < -0.39 is 6.16 Å². The predicted octanol–water partition coefficient (Wildman–Crippen LogP) is 1.76. The summed E-state index contributed by atoms with van der Waals surface area (Å²) >= 11 is 0. The molecule has 4 nitrogen and oxygen atoms in total. The van der Waals surface area contributed by atoms with Gasteiger partial charge in [0.1, 0.15) is 0 Å². The first-order valence-electron chi connectivity index (χ1n) is 3.30. The maximum Gasteiger partial charge on any atom is 0.549 e. The first kappa shape index (κ1) is 8.39. The molecule has 12 heavy (non-hydrogen) atoms. The Hall–Kier alpha value is -1.71. The molecule has 0 aliphatic rings. The third kappa shape index (κ3) is 2.49. The lowest BCUT2D eigenvalue weighted by Gasteiger charge is -2.01. The molecule has 0 radical (unpaired) electrons. The summed E-state index contributed by atoms with van der Waals surface area (Å²) < 4.78 is 4.19. The fourth-order valence-corrected chi connectivity index (χ4v) is 0.592. The number of hydrogen-bond acceptors (Lipinski definition) is 4. The van der Waals surface area contributed by atoms with Crippen LogP contribution in [0.5, 0.6) is 5.75 Å². The van der Waals surface area contributed by atoms with Crippen molar-refractivity contribution >= 4 is 6.16 Å². The summed E-state index contributed by atoms with van der Waals surface area (Å²) in [6.45, 7) is 0. The fraction of sp³-hybridized carbons (Fsp3) is 0.125. The van der Waals surface area contributed by atoms with E-state index in [2.05, 4.69) is 14.5 Å². The van der Waals surface area contributed by atoms with Gasteiger partial charge in [0.15, 0.2) is 5.75 Å². The molecule has 0 spiro atoms. The molecule has 1 rings (SSSR count). The van der Waals surface area contributed by atoms with E-state index in [4.69, 9.17) is 0 Å². The van der Waals surface area contributed by atoms with E-state index in [0.717, 1.165) is 0 Å². The van der Waals surface area contributed by atoms with Crippen molar-refractivity contribution in [2.45, 2.75) is 0 Å². The van der Waals surface area contributed by atoms with Crippen molar-refractivity contribution in [1.29, 1.82) is 0 Å². The van der Waals surface area contributed by atoms with Gasteiger partial charge in [-0.3, -0.25) is 4.89 Å². The molecule has 0 heterocycles. The second kappa shape index (κ2) is 4.23. The highest BCUT2D eigenvalue weighted by molar-refractivity contribution is 5.58. The van der Waals surface area contributed by atoms with Crippen LogP contribution in [0.15, 0.2) is 30.3 Å². The van der Waals surface area contributed by atoms with Gasteiger partial charge in [-0.25, -0.2) is 4.89 Å². The van der Waals surface area contributed by atoms with Crippen LogP contribution in [0.1, 0.15) is 0 Å². The summed E-state index contributed by atoms with van der Waals surface area (Å²) in [5.74, 6) is 0.447. The molecule has 4 heteroatoms. The Labute approximate surface area is 69.6 Å². The second-order valence-electron chi connectivity index (χ2n) is 1.93. The monoisotopic (exact) mass is 168 g/mol. The molecule has 1 aromatic rings. The Kier molecular flexibility index (Phi) is 2.95. The zero-order chi connectivity index (χ0) is 8.81. The van der Waals surface area contributed by atoms with E-state index in [1.807, 2.05) is 6.07 Å². The average molecular weight is 168 g/mol. The molecule has 1 aromatic carbocycles. The molecule has 0 aromatic heterocycles. The molecule has 0 aliphatic heterocycles. The maximum atomic E-state index is 10.4. The number of carbonyl (C=O) groups is 1.